The van der Waals surface area contributed by atoms with Crippen LogP contribution in [0, 0.1) is 0 Å². The highest BCUT2D eigenvalue weighted by molar-refractivity contribution is 6.01. The first-order chi connectivity index (χ1) is 9.60. The minimum absolute atomic E-state index is 0.0388. The molecule has 0 saturated carbocycles. The van der Waals surface area contributed by atoms with Crippen LogP contribution < -0.4 is 5.76 Å². The summed E-state index contributed by atoms with van der Waals surface area (Å²) in [6.45, 7) is 4.39. The zero-order chi connectivity index (χ0) is 14.3. The topological polar surface area (TPSA) is 61.4 Å². The fourth-order valence-electron chi connectivity index (χ4n) is 2.70. The van der Waals surface area contributed by atoms with Crippen LogP contribution in [0.25, 0.3) is 11.1 Å². The summed E-state index contributed by atoms with van der Waals surface area (Å²) in [4.78, 5) is 24.0. The molecule has 0 N–H and O–H groups in total. The van der Waals surface area contributed by atoms with E-state index in [1.165, 1.54) is 4.57 Å². The molecule has 0 spiro atoms. The minimum atomic E-state index is -0.391. The molecule has 0 bridgehead atoms. The number of hydrogen-bond acceptors (Lipinski definition) is 4. The number of hydrogen-bond donors (Lipinski definition) is 0. The highest BCUT2D eigenvalue weighted by Crippen LogP contribution is 2.24. The van der Waals surface area contributed by atoms with Gasteiger partial charge in [0.05, 0.1) is 11.6 Å². The fourth-order valence-corrected chi connectivity index (χ4v) is 2.70. The highest BCUT2D eigenvalue weighted by atomic mass is 16.5. The van der Waals surface area contributed by atoms with Crippen molar-refractivity contribution in [3.8, 4) is 0 Å². The molecule has 1 aromatic carbocycles. The summed E-state index contributed by atoms with van der Waals surface area (Å²) < 4.78 is 12.3. The van der Waals surface area contributed by atoms with Crippen molar-refractivity contribution in [2.24, 2.45) is 0 Å². The Morgan fingerprint density at radius 3 is 2.85 bits per heavy atom. The third-order valence-electron chi connectivity index (χ3n) is 3.79. The monoisotopic (exact) mass is 275 g/mol. The Bertz CT molecular complexity index is 712. The average molecular weight is 275 g/mol. The number of rotatable bonds is 3. The molecule has 1 aromatic heterocycles. The third kappa shape index (κ3) is 2.08. The van der Waals surface area contributed by atoms with E-state index < -0.39 is 5.76 Å². The molecule has 1 saturated heterocycles. The molecular weight excluding hydrogens is 258 g/mol. The van der Waals surface area contributed by atoms with E-state index in [-0.39, 0.29) is 18.0 Å². The largest absolute Gasteiger partial charge is 0.419 e. The quantitative estimate of drug-likeness (QED) is 0.807. The maximum atomic E-state index is 12.3. The molecule has 1 aliphatic rings. The van der Waals surface area contributed by atoms with Crippen molar-refractivity contribution in [3.05, 3.63) is 34.3 Å². The van der Waals surface area contributed by atoms with Gasteiger partial charge in [0.25, 0.3) is 0 Å². The molecule has 0 aliphatic carbocycles. The number of aromatic nitrogens is 1. The van der Waals surface area contributed by atoms with Gasteiger partial charge >= 0.3 is 5.76 Å². The molecule has 1 fully saturated rings. The molecule has 106 valence electrons. The first-order valence-corrected chi connectivity index (χ1v) is 6.93. The second kappa shape index (κ2) is 4.90. The van der Waals surface area contributed by atoms with Crippen molar-refractivity contribution in [2.75, 3.05) is 0 Å². The molecule has 2 unspecified atom stereocenters. The molecule has 2 heterocycles. The Morgan fingerprint density at radius 1 is 1.40 bits per heavy atom. The Kier molecular flexibility index (Phi) is 3.22. The van der Waals surface area contributed by atoms with Crippen molar-refractivity contribution in [1.82, 2.24) is 4.57 Å². The first-order valence-electron chi connectivity index (χ1n) is 6.93. The van der Waals surface area contributed by atoms with Crippen molar-refractivity contribution in [1.29, 1.82) is 0 Å². The van der Waals surface area contributed by atoms with Gasteiger partial charge in [-0.3, -0.25) is 9.36 Å². The second-order valence-corrected chi connectivity index (χ2v) is 5.17. The van der Waals surface area contributed by atoms with Crippen LogP contribution >= 0.6 is 0 Å². The van der Waals surface area contributed by atoms with Gasteiger partial charge in [0, 0.05) is 12.1 Å². The molecule has 5 nitrogen and oxygen atoms in total. The predicted molar refractivity (Wildman–Crippen MR) is 74.0 cm³/mol. The van der Waals surface area contributed by atoms with Crippen LogP contribution in [0.1, 0.15) is 37.0 Å². The smallest absolute Gasteiger partial charge is 0.408 e. The van der Waals surface area contributed by atoms with E-state index in [9.17, 15) is 9.59 Å². The maximum Gasteiger partial charge on any atom is 0.419 e. The van der Waals surface area contributed by atoms with E-state index in [0.717, 1.165) is 18.4 Å². The van der Waals surface area contributed by atoms with E-state index in [4.69, 9.17) is 9.15 Å². The lowest BCUT2D eigenvalue weighted by Gasteiger charge is -2.09. The van der Waals surface area contributed by atoms with E-state index in [1.807, 2.05) is 13.8 Å². The van der Waals surface area contributed by atoms with E-state index in [1.54, 1.807) is 18.2 Å². The lowest BCUT2D eigenvalue weighted by atomic mass is 10.0. The predicted octanol–water partition coefficient (Wildman–Crippen LogP) is 2.36. The summed E-state index contributed by atoms with van der Waals surface area (Å²) in [7, 11) is 0. The molecule has 3 rings (SSSR count). The number of ether oxygens (including phenoxy) is 1. The number of oxazole rings is 1. The van der Waals surface area contributed by atoms with Crippen LogP contribution in [0.2, 0.25) is 0 Å². The molecule has 1 aliphatic heterocycles. The van der Waals surface area contributed by atoms with Crippen LogP contribution in [-0.2, 0) is 11.3 Å². The average Bonchev–Trinajstić information content (AvgIpc) is 2.99. The number of ketones is 1. The third-order valence-corrected chi connectivity index (χ3v) is 3.79. The fraction of sp³-hybridized carbons (Fsp3) is 0.467. The van der Waals surface area contributed by atoms with E-state index in [2.05, 4.69) is 0 Å². The number of aryl methyl sites for hydroxylation is 1. The molecule has 5 heteroatoms. The van der Waals surface area contributed by atoms with Crippen molar-refractivity contribution in [3.63, 3.8) is 0 Å². The van der Waals surface area contributed by atoms with Gasteiger partial charge < -0.3 is 9.15 Å². The zero-order valence-corrected chi connectivity index (χ0v) is 11.6. The Hall–Kier alpha value is -1.88. The van der Waals surface area contributed by atoms with Crippen LogP contribution in [0.3, 0.4) is 0 Å². The van der Waals surface area contributed by atoms with Gasteiger partial charge in [0.2, 0.25) is 0 Å². The first kappa shape index (κ1) is 13.1. The molecule has 0 amide bonds. The second-order valence-electron chi connectivity index (χ2n) is 5.17. The maximum absolute atomic E-state index is 12.3. The van der Waals surface area contributed by atoms with Crippen molar-refractivity contribution < 1.29 is 13.9 Å². The summed E-state index contributed by atoms with van der Waals surface area (Å²) in [6, 6.07) is 5.13. The Morgan fingerprint density at radius 2 is 2.20 bits per heavy atom. The molecule has 0 radical (unpaired) electrons. The Balaban J connectivity index is 1.97. The summed E-state index contributed by atoms with van der Waals surface area (Å²) in [5, 5.41) is 0. The SMILES string of the molecule is CCn1c(=O)oc2cc(C(=O)C3CCC(C)O3)ccc21. The van der Waals surface area contributed by atoms with Crippen LogP contribution in [-0.4, -0.2) is 22.6 Å². The number of Topliss-reactive ketones (excluding diaryl/α,β-unsaturated/α-hetero) is 1. The summed E-state index contributed by atoms with van der Waals surface area (Å²) in [5.41, 5.74) is 1.71. The number of fused-ring (bicyclic) bond motifs is 1. The molecular formula is C15H17NO4. The minimum Gasteiger partial charge on any atom is -0.408 e. The number of nitrogens with zero attached hydrogens (tertiary/aromatic N) is 1. The van der Waals surface area contributed by atoms with E-state index >= 15 is 0 Å². The highest BCUT2D eigenvalue weighted by Gasteiger charge is 2.29. The number of benzene rings is 1. The van der Waals surface area contributed by atoms with Gasteiger partial charge in [-0.15, -0.1) is 0 Å². The van der Waals surface area contributed by atoms with Crippen LogP contribution in [0.15, 0.2) is 27.4 Å². The zero-order valence-electron chi connectivity index (χ0n) is 11.6. The lowest BCUT2D eigenvalue weighted by molar-refractivity contribution is 0.0433. The molecule has 2 atom stereocenters. The van der Waals surface area contributed by atoms with Gasteiger partial charge in [-0.2, -0.15) is 0 Å². The van der Waals surface area contributed by atoms with Gasteiger partial charge in [-0.1, -0.05) is 0 Å². The number of carbonyl (C=O) groups excluding carboxylic acids is 1. The standard InChI is InChI=1S/C15H17NO4/c1-3-16-11-6-5-10(8-13(11)20-15(16)18)14(17)12-7-4-9(2)19-12/h5-6,8-9,12H,3-4,7H2,1-2H3. The van der Waals surface area contributed by atoms with E-state index in [0.29, 0.717) is 17.7 Å². The Labute approximate surface area is 116 Å². The van der Waals surface area contributed by atoms with Gasteiger partial charge in [-0.05, 0) is 44.9 Å². The van der Waals surface area contributed by atoms with Crippen molar-refractivity contribution in [2.45, 2.75) is 45.4 Å². The molecule has 2 aromatic rings. The van der Waals surface area contributed by atoms with Crippen molar-refractivity contribution >= 4 is 16.9 Å². The van der Waals surface area contributed by atoms with Crippen LogP contribution in [0.5, 0.6) is 0 Å². The number of carbonyl (C=O) groups is 1. The normalized spacial score (nSPS) is 22.5. The summed E-state index contributed by atoms with van der Waals surface area (Å²) in [5.74, 6) is -0.430. The van der Waals surface area contributed by atoms with Gasteiger partial charge in [-0.25, -0.2) is 4.79 Å². The van der Waals surface area contributed by atoms with Crippen LogP contribution in [0.4, 0.5) is 0 Å². The molecule has 20 heavy (non-hydrogen) atoms. The summed E-state index contributed by atoms with van der Waals surface area (Å²) in [6.07, 6.45) is 1.41. The van der Waals surface area contributed by atoms with Gasteiger partial charge in [0.1, 0.15) is 6.10 Å². The summed E-state index contributed by atoms with van der Waals surface area (Å²) >= 11 is 0. The lowest BCUT2D eigenvalue weighted by Crippen LogP contribution is -2.20. The van der Waals surface area contributed by atoms with Gasteiger partial charge in [0.15, 0.2) is 11.4 Å².